The van der Waals surface area contributed by atoms with Crippen molar-refractivity contribution in [3.63, 3.8) is 0 Å². The summed E-state index contributed by atoms with van der Waals surface area (Å²) in [5.74, 6) is 0. The second kappa shape index (κ2) is 10.3. The van der Waals surface area contributed by atoms with E-state index >= 15 is 0 Å². The summed E-state index contributed by atoms with van der Waals surface area (Å²) in [7, 11) is 0. The Bertz CT molecular complexity index is 354. The maximum Gasteiger partial charge on any atom is 0.0950 e. The van der Waals surface area contributed by atoms with E-state index in [1.807, 2.05) is 13.8 Å². The van der Waals surface area contributed by atoms with Gasteiger partial charge in [-0.05, 0) is 44.5 Å². The third kappa shape index (κ3) is 7.39. The molecule has 1 N–H and O–H groups in total. The summed E-state index contributed by atoms with van der Waals surface area (Å²) < 4.78 is 12.6. The van der Waals surface area contributed by atoms with Crippen LogP contribution in [0.5, 0.6) is 0 Å². The van der Waals surface area contributed by atoms with Gasteiger partial charge in [0.15, 0.2) is 0 Å². The maximum absolute atomic E-state index is 5.96. The van der Waals surface area contributed by atoms with Crippen LogP contribution in [0.2, 0.25) is 0 Å². The molecule has 0 saturated heterocycles. The third-order valence-corrected chi connectivity index (χ3v) is 3.38. The van der Waals surface area contributed by atoms with Crippen molar-refractivity contribution in [2.45, 2.75) is 39.4 Å². The fourth-order valence-corrected chi connectivity index (χ4v) is 2.10. The molecule has 0 aliphatic heterocycles. The van der Waals surface area contributed by atoms with Gasteiger partial charge in [-0.15, -0.1) is 0 Å². The van der Waals surface area contributed by atoms with Gasteiger partial charge in [-0.1, -0.05) is 35.0 Å². The zero-order chi connectivity index (χ0) is 14.8. The van der Waals surface area contributed by atoms with Crippen molar-refractivity contribution in [2.24, 2.45) is 0 Å². The molecule has 0 aliphatic carbocycles. The maximum atomic E-state index is 5.96. The summed E-state index contributed by atoms with van der Waals surface area (Å²) in [5, 5.41) is 3.42. The van der Waals surface area contributed by atoms with Crippen LogP contribution >= 0.6 is 15.9 Å². The van der Waals surface area contributed by atoms with Crippen molar-refractivity contribution in [1.29, 1.82) is 0 Å². The van der Waals surface area contributed by atoms with Crippen LogP contribution in [0.1, 0.15) is 38.9 Å². The van der Waals surface area contributed by atoms with Crippen LogP contribution in [0.3, 0.4) is 0 Å². The molecule has 4 heteroatoms. The first-order chi connectivity index (χ1) is 9.63. The molecule has 20 heavy (non-hydrogen) atoms. The summed E-state index contributed by atoms with van der Waals surface area (Å²) in [6, 6.07) is 8.31. The number of halogens is 1. The minimum Gasteiger partial charge on any atom is -0.376 e. The highest BCUT2D eigenvalue weighted by atomic mass is 79.9. The highest BCUT2D eigenvalue weighted by Gasteiger charge is 2.11. The van der Waals surface area contributed by atoms with E-state index in [0.29, 0.717) is 13.2 Å². The molecule has 0 saturated carbocycles. The van der Waals surface area contributed by atoms with Crippen molar-refractivity contribution in [2.75, 3.05) is 26.3 Å². The molecule has 0 aliphatic rings. The second-order valence-electron chi connectivity index (χ2n) is 5.03. The average Bonchev–Trinajstić information content (AvgIpc) is 2.42. The third-order valence-electron chi connectivity index (χ3n) is 2.85. The van der Waals surface area contributed by atoms with Gasteiger partial charge in [-0.2, -0.15) is 0 Å². The Balaban J connectivity index is 2.48. The average molecular weight is 344 g/mol. The van der Waals surface area contributed by atoms with Crippen molar-refractivity contribution < 1.29 is 9.47 Å². The fourth-order valence-electron chi connectivity index (χ4n) is 1.83. The lowest BCUT2D eigenvalue weighted by atomic mass is 10.1. The summed E-state index contributed by atoms with van der Waals surface area (Å²) in [6.45, 7) is 9.34. The van der Waals surface area contributed by atoms with Gasteiger partial charge in [-0.25, -0.2) is 0 Å². The van der Waals surface area contributed by atoms with E-state index in [4.69, 9.17) is 9.47 Å². The van der Waals surface area contributed by atoms with Crippen molar-refractivity contribution in [3.8, 4) is 0 Å². The van der Waals surface area contributed by atoms with Crippen LogP contribution < -0.4 is 5.32 Å². The van der Waals surface area contributed by atoms with Crippen molar-refractivity contribution >= 4 is 15.9 Å². The molecule has 0 fully saturated rings. The lowest BCUT2D eigenvalue weighted by Crippen LogP contribution is -2.25. The molecule has 3 nitrogen and oxygen atoms in total. The Kier molecular flexibility index (Phi) is 9.10. The predicted molar refractivity (Wildman–Crippen MR) is 87.1 cm³/mol. The highest BCUT2D eigenvalue weighted by Crippen LogP contribution is 2.19. The summed E-state index contributed by atoms with van der Waals surface area (Å²) >= 11 is 3.46. The van der Waals surface area contributed by atoms with Crippen LogP contribution in [0, 0.1) is 0 Å². The molecule has 0 aromatic heterocycles. The molecule has 0 bridgehead atoms. The predicted octanol–water partition coefficient (Wildman–Crippen LogP) is 3.93. The normalized spacial score (nSPS) is 12.8. The van der Waals surface area contributed by atoms with E-state index < -0.39 is 0 Å². The van der Waals surface area contributed by atoms with Crippen molar-refractivity contribution in [1.82, 2.24) is 5.32 Å². The molecular formula is C16H26BrNO2. The lowest BCUT2D eigenvalue weighted by molar-refractivity contribution is -0.0129. The van der Waals surface area contributed by atoms with Crippen LogP contribution in [0.15, 0.2) is 28.7 Å². The molecular weight excluding hydrogens is 318 g/mol. The molecule has 0 heterocycles. The number of hydrogen-bond donors (Lipinski definition) is 1. The van der Waals surface area contributed by atoms with Gasteiger partial charge in [-0.3, -0.25) is 0 Å². The number of hydrogen-bond acceptors (Lipinski definition) is 3. The zero-order valence-corrected chi connectivity index (χ0v) is 14.3. The largest absolute Gasteiger partial charge is 0.376 e. The molecule has 1 aromatic carbocycles. The van der Waals surface area contributed by atoms with Crippen LogP contribution in [0.25, 0.3) is 0 Å². The first-order valence-electron chi connectivity index (χ1n) is 7.32. The lowest BCUT2D eigenvalue weighted by Gasteiger charge is -2.19. The highest BCUT2D eigenvalue weighted by molar-refractivity contribution is 9.10. The van der Waals surface area contributed by atoms with Gasteiger partial charge in [0.2, 0.25) is 0 Å². The summed E-state index contributed by atoms with van der Waals surface area (Å²) in [6.07, 6.45) is 1.46. The van der Waals surface area contributed by atoms with E-state index in [-0.39, 0.29) is 12.2 Å². The fraction of sp³-hybridized carbons (Fsp3) is 0.625. The van der Waals surface area contributed by atoms with Gasteiger partial charge >= 0.3 is 0 Å². The van der Waals surface area contributed by atoms with Gasteiger partial charge in [0.05, 0.1) is 25.4 Å². The molecule has 1 rings (SSSR count). The van der Waals surface area contributed by atoms with Gasteiger partial charge < -0.3 is 14.8 Å². The topological polar surface area (TPSA) is 30.5 Å². The second-order valence-corrected chi connectivity index (χ2v) is 5.95. The Morgan fingerprint density at radius 3 is 2.35 bits per heavy atom. The molecule has 1 unspecified atom stereocenters. The Morgan fingerprint density at radius 2 is 1.75 bits per heavy atom. The van der Waals surface area contributed by atoms with E-state index in [1.165, 1.54) is 5.56 Å². The summed E-state index contributed by atoms with van der Waals surface area (Å²) in [4.78, 5) is 0. The SMILES string of the molecule is CCCNCC(OCCOC(C)C)c1ccc(Br)cc1. The van der Waals surface area contributed by atoms with Crippen LogP contribution in [-0.2, 0) is 9.47 Å². The Morgan fingerprint density at radius 1 is 1.10 bits per heavy atom. The molecule has 0 spiro atoms. The summed E-state index contributed by atoms with van der Waals surface area (Å²) in [5.41, 5.74) is 1.20. The molecule has 114 valence electrons. The van der Waals surface area contributed by atoms with E-state index in [9.17, 15) is 0 Å². The van der Waals surface area contributed by atoms with Crippen molar-refractivity contribution in [3.05, 3.63) is 34.3 Å². The molecule has 1 atom stereocenters. The van der Waals surface area contributed by atoms with Gasteiger partial charge in [0.25, 0.3) is 0 Å². The van der Waals surface area contributed by atoms with E-state index in [1.54, 1.807) is 0 Å². The molecule has 0 radical (unpaired) electrons. The quantitative estimate of drug-likeness (QED) is 0.653. The number of benzene rings is 1. The Labute approximate surface area is 131 Å². The molecule has 1 aromatic rings. The minimum absolute atomic E-state index is 0.0745. The number of rotatable bonds is 10. The van der Waals surface area contributed by atoms with Crippen LogP contribution in [-0.4, -0.2) is 32.4 Å². The first kappa shape index (κ1) is 17.6. The first-order valence-corrected chi connectivity index (χ1v) is 8.12. The monoisotopic (exact) mass is 343 g/mol. The van der Waals surface area contributed by atoms with Crippen LogP contribution in [0.4, 0.5) is 0 Å². The smallest absolute Gasteiger partial charge is 0.0950 e. The van der Waals surface area contributed by atoms with Gasteiger partial charge in [0, 0.05) is 11.0 Å². The standard InChI is InChI=1S/C16H26BrNO2/c1-4-9-18-12-16(20-11-10-19-13(2)3)14-5-7-15(17)8-6-14/h5-8,13,16,18H,4,9-12H2,1-3H3. The zero-order valence-electron chi connectivity index (χ0n) is 12.7. The van der Waals surface area contributed by atoms with E-state index in [0.717, 1.165) is 24.0 Å². The Hall–Kier alpha value is -0.420. The molecule has 0 amide bonds. The minimum atomic E-state index is 0.0745. The number of ether oxygens (including phenoxy) is 2. The van der Waals surface area contributed by atoms with Gasteiger partial charge in [0.1, 0.15) is 0 Å². The van der Waals surface area contributed by atoms with E-state index in [2.05, 4.69) is 52.4 Å². The number of nitrogens with one attached hydrogen (secondary N) is 1.